The summed E-state index contributed by atoms with van der Waals surface area (Å²) in [4.78, 5) is 24.4. The fourth-order valence-electron chi connectivity index (χ4n) is 4.43. The Balaban J connectivity index is 1.42. The van der Waals surface area contributed by atoms with E-state index in [1.165, 1.54) is 12.1 Å². The lowest BCUT2D eigenvalue weighted by Crippen LogP contribution is -2.49. The van der Waals surface area contributed by atoms with Crippen LogP contribution in [0.1, 0.15) is 30.9 Å². The maximum atomic E-state index is 13.9. The number of nitrogens with zero attached hydrogens (tertiary/aromatic N) is 2. The zero-order valence-electron chi connectivity index (χ0n) is 17.0. The van der Waals surface area contributed by atoms with Crippen molar-refractivity contribution < 1.29 is 28.6 Å². The highest BCUT2D eigenvalue weighted by molar-refractivity contribution is 6.01. The lowest BCUT2D eigenvalue weighted by Gasteiger charge is -2.44. The van der Waals surface area contributed by atoms with E-state index in [4.69, 9.17) is 9.47 Å². The maximum Gasteiger partial charge on any atom is 0.432 e. The second kappa shape index (κ2) is 7.79. The number of urea groups is 1. The minimum atomic E-state index is -1.25. The molecule has 0 saturated carbocycles. The number of hydrogen-bond donors (Lipinski definition) is 3. The zero-order chi connectivity index (χ0) is 22.3. The number of carbonyl (C=O) groups is 2. The molecule has 5 rings (SSSR count). The first-order chi connectivity index (χ1) is 15.4. The summed E-state index contributed by atoms with van der Waals surface area (Å²) >= 11 is 0. The highest BCUT2D eigenvalue weighted by Gasteiger charge is 2.43. The van der Waals surface area contributed by atoms with Crippen molar-refractivity contribution >= 4 is 28.8 Å². The average Bonchev–Trinajstić information content (AvgIpc) is 3.12. The summed E-state index contributed by atoms with van der Waals surface area (Å²) in [7, 11) is 0. The third-order valence-corrected chi connectivity index (χ3v) is 5.96. The molecule has 0 bridgehead atoms. The topological polar surface area (TPSA) is 115 Å². The fourth-order valence-corrected chi connectivity index (χ4v) is 4.43. The molecule has 2 aliphatic rings. The Hall–Kier alpha value is -3.66. The Kier molecular flexibility index (Phi) is 4.93. The number of ether oxygens (including phenoxy) is 2. The molecule has 0 aliphatic carbocycles. The zero-order valence-corrected chi connectivity index (χ0v) is 17.0. The molecule has 1 spiro atoms. The molecule has 1 fully saturated rings. The fraction of sp³-hybridized carbons (Fsp3) is 0.318. The van der Waals surface area contributed by atoms with Gasteiger partial charge in [0.2, 0.25) is 0 Å². The van der Waals surface area contributed by atoms with E-state index in [9.17, 15) is 19.1 Å². The van der Waals surface area contributed by atoms with Gasteiger partial charge in [0, 0.05) is 36.3 Å². The molecule has 2 aromatic carbocycles. The molecule has 1 saturated heterocycles. The van der Waals surface area contributed by atoms with Crippen LogP contribution < -0.4 is 15.4 Å². The highest BCUT2D eigenvalue weighted by Crippen LogP contribution is 2.44. The van der Waals surface area contributed by atoms with Crippen LogP contribution in [0.2, 0.25) is 0 Å². The number of carboxylic acid groups (broad SMARTS) is 1. The van der Waals surface area contributed by atoms with Gasteiger partial charge in [0.1, 0.15) is 17.2 Å². The first-order valence-electron chi connectivity index (χ1n) is 10.3. The van der Waals surface area contributed by atoms with Crippen molar-refractivity contribution in [1.29, 1.82) is 0 Å². The number of aromatic nitrogens is 2. The number of anilines is 1. The number of hydrogen-bond acceptors (Lipinski definition) is 5. The van der Waals surface area contributed by atoms with E-state index in [0.29, 0.717) is 54.7 Å². The van der Waals surface area contributed by atoms with Crippen LogP contribution in [0, 0.1) is 5.82 Å². The van der Waals surface area contributed by atoms with E-state index in [1.807, 2.05) is 0 Å². The van der Waals surface area contributed by atoms with Crippen LogP contribution in [-0.4, -0.2) is 45.8 Å². The summed E-state index contributed by atoms with van der Waals surface area (Å²) in [6.45, 7) is 1.06. The number of benzene rings is 2. The minimum absolute atomic E-state index is 0.132. The Bertz CT molecular complexity index is 1200. The van der Waals surface area contributed by atoms with Crippen LogP contribution in [0.3, 0.4) is 0 Å². The number of rotatable bonds is 2. The van der Waals surface area contributed by atoms with Crippen molar-refractivity contribution in [3.05, 3.63) is 53.8 Å². The normalized spacial score (nSPS) is 19.2. The Labute approximate surface area is 182 Å². The largest absolute Gasteiger partial charge is 0.487 e. The molecule has 10 heteroatoms. The molecule has 166 valence electrons. The van der Waals surface area contributed by atoms with Gasteiger partial charge in [-0.2, -0.15) is 4.68 Å². The molecule has 1 aromatic heterocycles. The van der Waals surface area contributed by atoms with Gasteiger partial charge in [-0.25, -0.2) is 14.0 Å². The lowest BCUT2D eigenvalue weighted by molar-refractivity contribution is -0.0637. The lowest BCUT2D eigenvalue weighted by atomic mass is 9.82. The van der Waals surface area contributed by atoms with Crippen molar-refractivity contribution in [1.82, 2.24) is 15.1 Å². The first kappa shape index (κ1) is 20.3. The minimum Gasteiger partial charge on any atom is -0.487 e. The summed E-state index contributed by atoms with van der Waals surface area (Å²) in [6, 6.07) is 10.0. The van der Waals surface area contributed by atoms with E-state index < -0.39 is 29.6 Å². The summed E-state index contributed by atoms with van der Waals surface area (Å²) < 4.78 is 26.3. The standard InChI is InChI=1S/C22H21FN4O5/c23-13-5-6-14-16(12-22(32-18(14)11-13)7-9-31-10-8-22)24-20(28)25-19-15-3-1-2-4-17(15)27(26-19)21(29)30/h1-6,11,16H,7-10,12H2,(H,29,30)(H2,24,25,26,28). The van der Waals surface area contributed by atoms with Crippen LogP contribution in [0.15, 0.2) is 42.5 Å². The van der Waals surface area contributed by atoms with Crippen molar-refractivity contribution in [3.63, 3.8) is 0 Å². The number of amides is 2. The predicted octanol–water partition coefficient (Wildman–Crippen LogP) is 3.90. The summed E-state index contributed by atoms with van der Waals surface area (Å²) in [6.07, 6.45) is 0.524. The van der Waals surface area contributed by atoms with Crippen molar-refractivity contribution in [2.75, 3.05) is 18.5 Å². The van der Waals surface area contributed by atoms with Crippen LogP contribution in [-0.2, 0) is 4.74 Å². The van der Waals surface area contributed by atoms with E-state index in [2.05, 4.69) is 15.7 Å². The predicted molar refractivity (Wildman–Crippen MR) is 112 cm³/mol. The highest BCUT2D eigenvalue weighted by atomic mass is 19.1. The summed E-state index contributed by atoms with van der Waals surface area (Å²) in [5.41, 5.74) is 0.497. The molecule has 32 heavy (non-hydrogen) atoms. The molecule has 2 aliphatic heterocycles. The summed E-state index contributed by atoms with van der Waals surface area (Å²) in [5, 5.41) is 19.5. The molecule has 3 aromatic rings. The van der Waals surface area contributed by atoms with Gasteiger partial charge in [-0.15, -0.1) is 5.10 Å². The number of nitrogens with one attached hydrogen (secondary N) is 2. The Morgan fingerprint density at radius 1 is 1.19 bits per heavy atom. The van der Waals surface area contributed by atoms with E-state index in [-0.39, 0.29) is 5.82 Å². The van der Waals surface area contributed by atoms with Gasteiger partial charge in [0.25, 0.3) is 0 Å². The van der Waals surface area contributed by atoms with Gasteiger partial charge >= 0.3 is 12.1 Å². The van der Waals surface area contributed by atoms with E-state index in [0.717, 1.165) is 4.68 Å². The van der Waals surface area contributed by atoms with Crippen LogP contribution in [0.25, 0.3) is 10.9 Å². The smallest absolute Gasteiger partial charge is 0.432 e. The van der Waals surface area contributed by atoms with Gasteiger partial charge in [0.15, 0.2) is 5.82 Å². The Morgan fingerprint density at radius 2 is 1.97 bits per heavy atom. The van der Waals surface area contributed by atoms with Gasteiger partial charge in [-0.3, -0.25) is 5.32 Å². The maximum absolute atomic E-state index is 13.9. The van der Waals surface area contributed by atoms with Gasteiger partial charge in [0.05, 0.1) is 24.8 Å². The van der Waals surface area contributed by atoms with E-state index in [1.54, 1.807) is 30.3 Å². The van der Waals surface area contributed by atoms with Crippen molar-refractivity contribution in [2.24, 2.45) is 0 Å². The number of fused-ring (bicyclic) bond motifs is 2. The number of carbonyl (C=O) groups excluding carboxylic acids is 1. The molecular formula is C22H21FN4O5. The average molecular weight is 440 g/mol. The third-order valence-electron chi connectivity index (χ3n) is 5.96. The third kappa shape index (κ3) is 3.62. The van der Waals surface area contributed by atoms with Crippen LogP contribution >= 0.6 is 0 Å². The molecule has 1 atom stereocenters. The molecule has 3 N–H and O–H groups in total. The summed E-state index contributed by atoms with van der Waals surface area (Å²) in [5.74, 6) is 0.124. The van der Waals surface area contributed by atoms with Gasteiger partial charge in [-0.05, 0) is 18.2 Å². The van der Waals surface area contributed by atoms with Crippen molar-refractivity contribution in [2.45, 2.75) is 30.9 Å². The number of para-hydroxylation sites is 1. The molecule has 1 unspecified atom stereocenters. The molecule has 2 amide bonds. The van der Waals surface area contributed by atoms with Crippen LogP contribution in [0.5, 0.6) is 5.75 Å². The molecular weight excluding hydrogens is 419 g/mol. The SMILES string of the molecule is O=C(Nc1nn(C(=O)O)c2ccccc12)NC1CC2(CCOCC2)Oc2cc(F)ccc21. The van der Waals surface area contributed by atoms with Gasteiger partial charge in [-0.1, -0.05) is 18.2 Å². The molecule has 9 nitrogen and oxygen atoms in total. The quantitative estimate of drug-likeness (QED) is 0.557. The number of halogens is 1. The monoisotopic (exact) mass is 440 g/mol. The second-order valence-electron chi connectivity index (χ2n) is 7.99. The second-order valence-corrected chi connectivity index (χ2v) is 7.99. The Morgan fingerprint density at radius 3 is 2.75 bits per heavy atom. The molecule has 3 heterocycles. The molecule has 0 radical (unpaired) electrons. The van der Waals surface area contributed by atoms with E-state index >= 15 is 0 Å². The first-order valence-corrected chi connectivity index (χ1v) is 10.3. The van der Waals surface area contributed by atoms with Gasteiger partial charge < -0.3 is 19.9 Å². The van der Waals surface area contributed by atoms with Crippen LogP contribution in [0.4, 0.5) is 19.8 Å². The van der Waals surface area contributed by atoms with Crippen molar-refractivity contribution in [3.8, 4) is 5.75 Å².